The van der Waals surface area contributed by atoms with E-state index < -0.39 is 23.7 Å². The van der Waals surface area contributed by atoms with Crippen LogP contribution in [0.1, 0.15) is 81.5 Å². The van der Waals surface area contributed by atoms with Gasteiger partial charge in [-0.05, 0) is 0 Å². The van der Waals surface area contributed by atoms with Crippen LogP contribution in [-0.4, -0.2) is 22.1 Å². The van der Waals surface area contributed by atoms with E-state index in [9.17, 15) is 8.42 Å². The van der Waals surface area contributed by atoms with Crippen molar-refractivity contribution in [2.24, 2.45) is 3.37 Å². The van der Waals surface area contributed by atoms with Crippen LogP contribution in [0.4, 0.5) is 0 Å². The molecule has 0 bridgehead atoms. The van der Waals surface area contributed by atoms with E-state index in [0.717, 1.165) is 14.5 Å². The molecule has 176 valence electrons. The van der Waals surface area contributed by atoms with Gasteiger partial charge in [0.25, 0.3) is 0 Å². The zero-order valence-corrected chi connectivity index (χ0v) is 23.2. The molecular formula is C28H35NO2SSe. The molecule has 0 aliphatic carbocycles. The molecule has 1 atom stereocenters. The van der Waals surface area contributed by atoms with Crippen LogP contribution in [0.15, 0.2) is 75.0 Å². The molecular weight excluding hydrogens is 493 g/mol. The average molecular weight is 529 g/mol. The number of nitrogens with zero attached hydrogens (tertiary/aromatic N) is 1. The summed E-state index contributed by atoms with van der Waals surface area (Å²) >= 11 is -2.28. The average Bonchev–Trinajstić information content (AvgIpc) is 2.77. The SMILES string of the molecule is Cc1ccc(S(=O)(=O)/N=[Se](\c2ccccc2)c2c(C(C)C)cc(C(C)C)cc2C(C)C)cc1. The van der Waals surface area contributed by atoms with E-state index in [1.54, 1.807) is 12.1 Å². The van der Waals surface area contributed by atoms with Crippen molar-refractivity contribution in [1.82, 2.24) is 0 Å². The van der Waals surface area contributed by atoms with Gasteiger partial charge in [0.1, 0.15) is 0 Å². The molecule has 0 N–H and O–H groups in total. The second-order valence-corrected chi connectivity index (χ2v) is 15.0. The van der Waals surface area contributed by atoms with E-state index in [1.807, 2.05) is 49.4 Å². The summed E-state index contributed by atoms with van der Waals surface area (Å²) in [4.78, 5) is 0.258. The van der Waals surface area contributed by atoms with Crippen LogP contribution in [0.5, 0.6) is 0 Å². The monoisotopic (exact) mass is 529 g/mol. The molecule has 0 spiro atoms. The minimum absolute atomic E-state index is 0.258. The summed E-state index contributed by atoms with van der Waals surface area (Å²) < 4.78 is 33.9. The van der Waals surface area contributed by atoms with Gasteiger partial charge in [-0.1, -0.05) is 0 Å². The molecule has 33 heavy (non-hydrogen) atoms. The van der Waals surface area contributed by atoms with Gasteiger partial charge in [0, 0.05) is 0 Å². The van der Waals surface area contributed by atoms with Crippen LogP contribution >= 0.6 is 0 Å². The first-order valence-electron chi connectivity index (χ1n) is 11.5. The summed E-state index contributed by atoms with van der Waals surface area (Å²) in [7, 11) is -3.80. The van der Waals surface area contributed by atoms with Crippen molar-refractivity contribution in [3.05, 3.63) is 89.0 Å². The molecule has 3 nitrogen and oxygen atoms in total. The molecule has 3 aromatic carbocycles. The Hall–Kier alpha value is -2.07. The van der Waals surface area contributed by atoms with E-state index in [0.29, 0.717) is 5.92 Å². The molecule has 0 aromatic heterocycles. The van der Waals surface area contributed by atoms with Gasteiger partial charge in [-0.3, -0.25) is 0 Å². The van der Waals surface area contributed by atoms with E-state index in [2.05, 4.69) is 53.7 Å². The zero-order valence-electron chi connectivity index (χ0n) is 20.7. The first-order valence-corrected chi connectivity index (χ1v) is 15.4. The Morgan fingerprint density at radius 3 is 1.70 bits per heavy atom. The van der Waals surface area contributed by atoms with Crippen molar-refractivity contribution in [2.45, 2.75) is 71.1 Å². The number of hydrogen-bond acceptors (Lipinski definition) is 2. The fraction of sp³-hybridized carbons (Fsp3) is 0.357. The fourth-order valence-electron chi connectivity index (χ4n) is 3.71. The summed E-state index contributed by atoms with van der Waals surface area (Å²) in [5.41, 5.74) is 4.77. The minimum atomic E-state index is -3.80. The number of sulfonamides is 1. The van der Waals surface area contributed by atoms with Gasteiger partial charge in [-0.25, -0.2) is 0 Å². The van der Waals surface area contributed by atoms with Crippen molar-refractivity contribution in [1.29, 1.82) is 0 Å². The quantitative estimate of drug-likeness (QED) is 0.347. The fourth-order valence-corrected chi connectivity index (χ4v) is 11.0. The van der Waals surface area contributed by atoms with Gasteiger partial charge >= 0.3 is 205 Å². The molecule has 0 amide bonds. The van der Waals surface area contributed by atoms with E-state index >= 15 is 0 Å². The van der Waals surface area contributed by atoms with Crippen LogP contribution in [0.3, 0.4) is 0 Å². The third kappa shape index (κ3) is 5.90. The van der Waals surface area contributed by atoms with Crippen LogP contribution in [0.2, 0.25) is 0 Å². The van der Waals surface area contributed by atoms with E-state index in [-0.39, 0.29) is 16.7 Å². The van der Waals surface area contributed by atoms with Gasteiger partial charge in [-0.2, -0.15) is 0 Å². The predicted octanol–water partition coefficient (Wildman–Crippen LogP) is 6.13. The van der Waals surface area contributed by atoms with E-state index in [1.165, 1.54) is 16.7 Å². The summed E-state index contributed by atoms with van der Waals surface area (Å²) in [6.07, 6.45) is 0. The Morgan fingerprint density at radius 2 is 1.24 bits per heavy atom. The first-order chi connectivity index (χ1) is 15.5. The second-order valence-electron chi connectivity index (χ2n) is 9.45. The van der Waals surface area contributed by atoms with Gasteiger partial charge in [0.2, 0.25) is 0 Å². The molecule has 0 saturated heterocycles. The van der Waals surface area contributed by atoms with Gasteiger partial charge in [0.05, 0.1) is 0 Å². The van der Waals surface area contributed by atoms with Crippen LogP contribution < -0.4 is 8.92 Å². The number of benzene rings is 3. The Labute approximate surface area is 204 Å². The van der Waals surface area contributed by atoms with Gasteiger partial charge in [0.15, 0.2) is 0 Å². The van der Waals surface area contributed by atoms with Crippen LogP contribution in [0.25, 0.3) is 0 Å². The molecule has 3 aromatic rings. The summed E-state index contributed by atoms with van der Waals surface area (Å²) in [5.74, 6) is 0.935. The molecule has 0 heterocycles. The van der Waals surface area contributed by atoms with Crippen LogP contribution in [0, 0.1) is 6.92 Å². The van der Waals surface area contributed by atoms with Crippen LogP contribution in [-0.2, 0) is 10.0 Å². The Kier molecular flexibility index (Phi) is 8.10. The Morgan fingerprint density at radius 1 is 0.727 bits per heavy atom. The van der Waals surface area contributed by atoms with Crippen molar-refractivity contribution in [3.63, 3.8) is 0 Å². The molecule has 0 saturated carbocycles. The molecule has 3 rings (SSSR count). The van der Waals surface area contributed by atoms with Crippen molar-refractivity contribution in [2.75, 3.05) is 0 Å². The van der Waals surface area contributed by atoms with Gasteiger partial charge in [-0.15, -0.1) is 0 Å². The molecule has 1 unspecified atom stereocenters. The molecule has 0 fully saturated rings. The molecule has 0 aliphatic heterocycles. The third-order valence-electron chi connectivity index (χ3n) is 5.73. The molecule has 0 aliphatic rings. The maximum absolute atomic E-state index is 13.5. The topological polar surface area (TPSA) is 46.5 Å². The Balaban J connectivity index is 2.40. The maximum atomic E-state index is 13.5. The number of rotatable bonds is 7. The summed E-state index contributed by atoms with van der Waals surface area (Å²) in [5, 5.41) is 0. The summed E-state index contributed by atoms with van der Waals surface area (Å²) in [6.45, 7) is 15.1. The first kappa shape index (κ1) is 25.6. The second kappa shape index (κ2) is 10.5. The van der Waals surface area contributed by atoms with Crippen molar-refractivity contribution < 1.29 is 8.42 Å². The summed E-state index contributed by atoms with van der Waals surface area (Å²) in [6, 6.07) is 21.5. The van der Waals surface area contributed by atoms with Crippen molar-refractivity contribution in [3.8, 4) is 0 Å². The van der Waals surface area contributed by atoms with Gasteiger partial charge < -0.3 is 0 Å². The molecule has 5 heteroatoms. The molecule has 0 radical (unpaired) electrons. The standard InChI is InChI=1S/C28H35NO2SSe/c1-19(2)23-17-26(20(3)4)28(27(18-23)21(5)6)33(25-11-9-8-10-12-25)29-32(30,31)24-15-13-22(7)14-16-24/h8-21H,1-7H3. The normalized spacial score (nSPS) is 13.3. The van der Waals surface area contributed by atoms with Crippen molar-refractivity contribution >= 4 is 32.7 Å². The van der Waals surface area contributed by atoms with E-state index in [4.69, 9.17) is 3.37 Å². The zero-order chi connectivity index (χ0) is 24.3. The Bertz CT molecular complexity index is 1210. The third-order valence-corrected chi connectivity index (χ3v) is 12.4. The number of aryl methyl sites for hydroxylation is 1. The predicted molar refractivity (Wildman–Crippen MR) is 141 cm³/mol. The number of hydrogen-bond donors (Lipinski definition) is 0.